The molecule has 0 heterocycles. The SMILES string of the molecule is [C-]#[N+]CN(CC(=O)O)c1ccc(Cl)c(Cl)c1. The van der Waals surface area contributed by atoms with Gasteiger partial charge in [-0.2, -0.15) is 0 Å². The van der Waals surface area contributed by atoms with Crippen LogP contribution in [0.2, 0.25) is 10.0 Å². The van der Waals surface area contributed by atoms with Crippen LogP contribution in [0.15, 0.2) is 18.2 Å². The van der Waals surface area contributed by atoms with Crippen LogP contribution in [-0.4, -0.2) is 24.3 Å². The summed E-state index contributed by atoms with van der Waals surface area (Å²) in [5, 5.41) is 9.42. The summed E-state index contributed by atoms with van der Waals surface area (Å²) < 4.78 is 0. The lowest BCUT2D eigenvalue weighted by Crippen LogP contribution is -2.29. The quantitative estimate of drug-likeness (QED) is 0.845. The van der Waals surface area contributed by atoms with E-state index in [-0.39, 0.29) is 13.2 Å². The molecule has 0 radical (unpaired) electrons. The maximum Gasteiger partial charge on any atom is 0.323 e. The van der Waals surface area contributed by atoms with Gasteiger partial charge in [-0.15, -0.1) is 0 Å². The first-order valence-corrected chi connectivity index (χ1v) is 5.05. The molecule has 6 heteroatoms. The van der Waals surface area contributed by atoms with Crippen molar-refractivity contribution in [2.45, 2.75) is 0 Å². The monoisotopic (exact) mass is 258 g/mol. The second kappa shape index (κ2) is 5.59. The van der Waals surface area contributed by atoms with Gasteiger partial charge >= 0.3 is 5.97 Å². The fourth-order valence-corrected chi connectivity index (χ4v) is 1.45. The van der Waals surface area contributed by atoms with Crippen molar-refractivity contribution in [2.75, 3.05) is 18.1 Å². The van der Waals surface area contributed by atoms with Crippen LogP contribution in [-0.2, 0) is 4.79 Å². The summed E-state index contributed by atoms with van der Waals surface area (Å²) in [6.07, 6.45) is 0. The maximum atomic E-state index is 10.6. The molecular formula is C10H8Cl2N2O2. The topological polar surface area (TPSA) is 44.9 Å². The predicted molar refractivity (Wildman–Crippen MR) is 62.9 cm³/mol. The smallest absolute Gasteiger partial charge is 0.323 e. The van der Waals surface area contributed by atoms with Crippen LogP contribution in [0, 0.1) is 6.57 Å². The largest absolute Gasteiger partial charge is 0.480 e. The second-order valence-corrected chi connectivity index (χ2v) is 3.80. The number of hydrogen-bond donors (Lipinski definition) is 1. The molecule has 0 amide bonds. The molecule has 1 aromatic rings. The highest BCUT2D eigenvalue weighted by atomic mass is 35.5. The van der Waals surface area contributed by atoms with Crippen molar-refractivity contribution in [1.29, 1.82) is 0 Å². The number of nitrogens with zero attached hydrogens (tertiary/aromatic N) is 2. The van der Waals surface area contributed by atoms with Gasteiger partial charge in [-0.1, -0.05) is 23.2 Å². The Balaban J connectivity index is 2.97. The molecule has 1 N–H and O–H groups in total. The number of carbonyl (C=O) groups is 1. The molecule has 0 spiro atoms. The predicted octanol–water partition coefficient (Wildman–Crippen LogP) is 2.76. The molecule has 0 aromatic heterocycles. The zero-order valence-electron chi connectivity index (χ0n) is 8.15. The van der Waals surface area contributed by atoms with Crippen LogP contribution in [0.25, 0.3) is 4.85 Å². The van der Waals surface area contributed by atoms with E-state index in [1.807, 2.05) is 0 Å². The number of aliphatic carboxylic acids is 1. The third-order valence-electron chi connectivity index (χ3n) is 1.84. The standard InChI is InChI=1S/C10H8Cl2N2O2/c1-13-6-14(5-10(15)16)7-2-3-8(11)9(12)4-7/h2-4H,5-6H2,(H,15,16). The van der Waals surface area contributed by atoms with E-state index in [2.05, 4.69) is 4.85 Å². The van der Waals surface area contributed by atoms with Gasteiger partial charge < -0.3 is 5.11 Å². The number of carboxylic acid groups (broad SMARTS) is 1. The molecule has 0 atom stereocenters. The zero-order valence-corrected chi connectivity index (χ0v) is 9.66. The molecule has 84 valence electrons. The lowest BCUT2D eigenvalue weighted by Gasteiger charge is -2.16. The zero-order chi connectivity index (χ0) is 12.1. The molecule has 0 bridgehead atoms. The molecule has 0 saturated heterocycles. The van der Waals surface area contributed by atoms with Crippen molar-refractivity contribution in [3.05, 3.63) is 39.7 Å². The van der Waals surface area contributed by atoms with E-state index in [1.54, 1.807) is 12.1 Å². The van der Waals surface area contributed by atoms with Crippen LogP contribution in [0.1, 0.15) is 0 Å². The summed E-state index contributed by atoms with van der Waals surface area (Å²) in [5.74, 6) is -1.00. The molecular weight excluding hydrogens is 251 g/mol. The van der Waals surface area contributed by atoms with E-state index in [0.29, 0.717) is 15.7 Å². The maximum absolute atomic E-state index is 10.6. The lowest BCUT2D eigenvalue weighted by molar-refractivity contribution is -0.135. The van der Waals surface area contributed by atoms with Crippen molar-refractivity contribution in [3.63, 3.8) is 0 Å². The molecule has 16 heavy (non-hydrogen) atoms. The summed E-state index contributed by atoms with van der Waals surface area (Å²) >= 11 is 11.6. The number of rotatable bonds is 4. The molecule has 1 aromatic carbocycles. The van der Waals surface area contributed by atoms with Gasteiger partial charge in [0.2, 0.25) is 0 Å². The lowest BCUT2D eigenvalue weighted by atomic mass is 10.3. The van der Waals surface area contributed by atoms with Gasteiger partial charge in [-0.05, 0) is 18.2 Å². The Bertz CT molecular complexity index is 443. The van der Waals surface area contributed by atoms with Gasteiger partial charge in [0.1, 0.15) is 6.54 Å². The van der Waals surface area contributed by atoms with Gasteiger partial charge in [-0.3, -0.25) is 14.5 Å². The summed E-state index contributed by atoms with van der Waals surface area (Å²) in [7, 11) is 0. The Morgan fingerprint density at radius 1 is 1.44 bits per heavy atom. The third-order valence-corrected chi connectivity index (χ3v) is 2.57. The third kappa shape index (κ3) is 3.30. The minimum absolute atomic E-state index is 0.0374. The molecule has 1 rings (SSSR count). The van der Waals surface area contributed by atoms with Crippen molar-refractivity contribution < 1.29 is 9.90 Å². The second-order valence-electron chi connectivity index (χ2n) is 2.99. The Labute approximate surface area is 103 Å². The van der Waals surface area contributed by atoms with Gasteiger partial charge in [0.25, 0.3) is 6.67 Å². The normalized spacial score (nSPS) is 9.56. The van der Waals surface area contributed by atoms with Crippen LogP contribution in [0.4, 0.5) is 5.69 Å². The number of benzene rings is 1. The first kappa shape index (κ1) is 12.6. The van der Waals surface area contributed by atoms with Crippen LogP contribution in [0.3, 0.4) is 0 Å². The molecule has 0 aliphatic heterocycles. The number of anilines is 1. The highest BCUT2D eigenvalue weighted by molar-refractivity contribution is 6.42. The van der Waals surface area contributed by atoms with E-state index in [0.717, 1.165) is 0 Å². The highest BCUT2D eigenvalue weighted by Crippen LogP contribution is 2.27. The van der Waals surface area contributed by atoms with Gasteiger partial charge in [-0.25, -0.2) is 6.57 Å². The average Bonchev–Trinajstić information content (AvgIpc) is 2.21. The van der Waals surface area contributed by atoms with Gasteiger partial charge in [0.05, 0.1) is 10.0 Å². The Kier molecular flexibility index (Phi) is 4.41. The van der Waals surface area contributed by atoms with Gasteiger partial charge in [0, 0.05) is 5.69 Å². The van der Waals surface area contributed by atoms with Crippen LogP contribution >= 0.6 is 23.2 Å². The first-order chi connectivity index (χ1) is 7.54. The number of hydrogen-bond acceptors (Lipinski definition) is 2. The first-order valence-electron chi connectivity index (χ1n) is 4.29. The van der Waals surface area contributed by atoms with E-state index in [9.17, 15) is 4.79 Å². The van der Waals surface area contributed by atoms with Crippen molar-refractivity contribution in [2.24, 2.45) is 0 Å². The van der Waals surface area contributed by atoms with Crippen LogP contribution < -0.4 is 4.90 Å². The van der Waals surface area contributed by atoms with E-state index in [1.165, 1.54) is 11.0 Å². The fraction of sp³-hybridized carbons (Fsp3) is 0.200. The molecule has 0 saturated carbocycles. The molecule has 0 fully saturated rings. The Hall–Kier alpha value is -1.44. The van der Waals surface area contributed by atoms with E-state index < -0.39 is 5.97 Å². The molecule has 0 unspecified atom stereocenters. The number of halogens is 2. The fourth-order valence-electron chi connectivity index (χ4n) is 1.15. The van der Waals surface area contributed by atoms with E-state index in [4.69, 9.17) is 34.9 Å². The summed E-state index contributed by atoms with van der Waals surface area (Å²) in [6, 6.07) is 4.73. The molecule has 0 aliphatic carbocycles. The Morgan fingerprint density at radius 2 is 2.12 bits per heavy atom. The summed E-state index contributed by atoms with van der Waals surface area (Å²) in [5.41, 5.74) is 0.563. The van der Waals surface area contributed by atoms with Crippen molar-refractivity contribution in [1.82, 2.24) is 0 Å². The van der Waals surface area contributed by atoms with Crippen molar-refractivity contribution >= 4 is 34.9 Å². The van der Waals surface area contributed by atoms with E-state index >= 15 is 0 Å². The summed E-state index contributed by atoms with van der Waals surface area (Å²) in [4.78, 5) is 15.2. The molecule has 0 aliphatic rings. The Morgan fingerprint density at radius 3 is 2.62 bits per heavy atom. The summed E-state index contributed by atoms with van der Waals surface area (Å²) in [6.45, 7) is 6.47. The minimum Gasteiger partial charge on any atom is -0.480 e. The van der Waals surface area contributed by atoms with Gasteiger partial charge in [0.15, 0.2) is 0 Å². The van der Waals surface area contributed by atoms with Crippen LogP contribution in [0.5, 0.6) is 0 Å². The average molecular weight is 259 g/mol. The van der Waals surface area contributed by atoms with Crippen molar-refractivity contribution in [3.8, 4) is 0 Å². The highest BCUT2D eigenvalue weighted by Gasteiger charge is 2.13. The minimum atomic E-state index is -1.00. The molecule has 4 nitrogen and oxygen atoms in total. The number of carboxylic acids is 1.